The van der Waals surface area contributed by atoms with Crippen LogP contribution < -0.4 is 4.74 Å². The molecule has 2 rings (SSSR count). The van der Waals surface area contributed by atoms with Gasteiger partial charge in [-0.25, -0.2) is 4.79 Å². The van der Waals surface area contributed by atoms with E-state index in [1.165, 1.54) is 13.0 Å². The largest absolute Gasteiger partial charge is 0.490 e. The molecule has 0 heterocycles. The van der Waals surface area contributed by atoms with Gasteiger partial charge in [0, 0.05) is 13.0 Å². The summed E-state index contributed by atoms with van der Waals surface area (Å²) in [5.74, 6) is -0.0273. The van der Waals surface area contributed by atoms with Gasteiger partial charge < -0.3 is 14.2 Å². The molecule has 35 heavy (non-hydrogen) atoms. The number of allylic oxidation sites excluding steroid dienone is 1. The number of ether oxygens (including phenoxy) is 3. The maximum atomic E-state index is 13.1. The fourth-order valence-electron chi connectivity index (χ4n) is 3.15. The maximum Gasteiger partial charge on any atom is 0.416 e. The third kappa shape index (κ3) is 8.61. The Bertz CT molecular complexity index is 978. The van der Waals surface area contributed by atoms with Crippen LogP contribution in [0.5, 0.6) is 5.75 Å². The minimum Gasteiger partial charge on any atom is -0.490 e. The second-order valence-corrected chi connectivity index (χ2v) is 7.54. The molecule has 0 radical (unpaired) electrons. The van der Waals surface area contributed by atoms with E-state index in [4.69, 9.17) is 14.2 Å². The normalized spacial score (nSPS) is 13.5. The van der Waals surface area contributed by atoms with E-state index in [-0.39, 0.29) is 30.4 Å². The molecule has 10 heteroatoms. The van der Waals surface area contributed by atoms with E-state index in [0.717, 1.165) is 5.56 Å². The Morgan fingerprint density at radius 3 is 1.97 bits per heavy atom. The quantitative estimate of drug-likeness (QED) is 0.266. The fraction of sp³-hybridized carbons (Fsp3) is 0.400. The third-order valence-electron chi connectivity index (χ3n) is 4.94. The Kier molecular flexibility index (Phi) is 9.76. The van der Waals surface area contributed by atoms with Crippen LogP contribution in [0.25, 0.3) is 5.57 Å². The molecule has 0 aliphatic carbocycles. The highest BCUT2D eigenvalue weighted by Crippen LogP contribution is 2.37. The van der Waals surface area contributed by atoms with Gasteiger partial charge in [0.15, 0.2) is 6.10 Å². The second kappa shape index (κ2) is 12.1. The van der Waals surface area contributed by atoms with Crippen molar-refractivity contribution >= 4 is 11.5 Å². The first-order valence-electron chi connectivity index (χ1n) is 10.8. The zero-order valence-electron chi connectivity index (χ0n) is 19.4. The summed E-state index contributed by atoms with van der Waals surface area (Å²) in [5.41, 5.74) is -1.96. The number of hydrogen-bond donors (Lipinski definition) is 0. The van der Waals surface area contributed by atoms with E-state index < -0.39 is 35.6 Å². The van der Waals surface area contributed by atoms with E-state index in [1.54, 1.807) is 38.1 Å². The fourth-order valence-corrected chi connectivity index (χ4v) is 3.15. The third-order valence-corrected chi connectivity index (χ3v) is 4.94. The monoisotopic (exact) mass is 504 g/mol. The molecule has 2 aromatic rings. The summed E-state index contributed by atoms with van der Waals surface area (Å²) in [6.07, 6.45) is -8.88. The Morgan fingerprint density at radius 1 is 0.914 bits per heavy atom. The lowest BCUT2D eigenvalue weighted by molar-refractivity contribution is -0.156. The van der Waals surface area contributed by atoms with Crippen molar-refractivity contribution in [3.63, 3.8) is 0 Å². The van der Waals surface area contributed by atoms with Gasteiger partial charge in [-0.1, -0.05) is 12.1 Å². The summed E-state index contributed by atoms with van der Waals surface area (Å²) in [4.78, 5) is 12.0. The number of esters is 1. The molecular weight excluding hydrogens is 478 g/mol. The lowest BCUT2D eigenvalue weighted by Gasteiger charge is -2.16. The van der Waals surface area contributed by atoms with Gasteiger partial charge >= 0.3 is 18.3 Å². The van der Waals surface area contributed by atoms with Crippen LogP contribution in [0.4, 0.5) is 26.3 Å². The molecule has 0 aromatic heterocycles. The Balaban J connectivity index is 2.09. The van der Waals surface area contributed by atoms with Gasteiger partial charge in [-0.3, -0.25) is 0 Å². The topological polar surface area (TPSA) is 44.8 Å². The summed E-state index contributed by atoms with van der Waals surface area (Å²) in [6.45, 7) is 5.37. The lowest BCUT2D eigenvalue weighted by atomic mass is 10.00. The van der Waals surface area contributed by atoms with Crippen LogP contribution >= 0.6 is 0 Å². The Labute approximate surface area is 199 Å². The molecule has 0 N–H and O–H groups in total. The van der Waals surface area contributed by atoms with Gasteiger partial charge in [0.25, 0.3) is 0 Å². The first-order chi connectivity index (χ1) is 16.3. The van der Waals surface area contributed by atoms with Gasteiger partial charge in [0.1, 0.15) is 12.4 Å². The maximum absolute atomic E-state index is 13.1. The number of benzene rings is 2. The number of rotatable bonds is 10. The Hall–Kier alpha value is -3.01. The van der Waals surface area contributed by atoms with Gasteiger partial charge in [-0.15, -0.1) is 0 Å². The van der Waals surface area contributed by atoms with Crippen molar-refractivity contribution in [2.24, 2.45) is 0 Å². The molecule has 0 saturated carbocycles. The van der Waals surface area contributed by atoms with Crippen LogP contribution in [0.2, 0.25) is 0 Å². The predicted octanol–water partition coefficient (Wildman–Crippen LogP) is 6.72. The van der Waals surface area contributed by atoms with Gasteiger partial charge in [0.05, 0.1) is 17.7 Å². The molecule has 0 saturated heterocycles. The smallest absolute Gasteiger partial charge is 0.416 e. The van der Waals surface area contributed by atoms with Crippen molar-refractivity contribution in [3.05, 3.63) is 70.8 Å². The number of hydrogen-bond acceptors (Lipinski definition) is 4. The van der Waals surface area contributed by atoms with E-state index in [0.29, 0.717) is 30.9 Å². The van der Waals surface area contributed by atoms with Gasteiger partial charge in [-0.2, -0.15) is 26.3 Å². The SMILES string of the molecule is CCOC(=O)[C@H](Cc1ccc(OCC=C(C)c2cc(C(F)(F)F)cc(C(F)(F)F)c2)cc1)OCC. The number of alkyl halides is 6. The molecule has 2 aromatic carbocycles. The van der Waals surface area contributed by atoms with Crippen molar-refractivity contribution in [2.75, 3.05) is 19.8 Å². The second-order valence-electron chi connectivity index (χ2n) is 7.54. The average molecular weight is 504 g/mol. The molecule has 0 fully saturated rings. The number of carbonyl (C=O) groups excluding carboxylic acids is 1. The molecule has 0 amide bonds. The summed E-state index contributed by atoms with van der Waals surface area (Å²) >= 11 is 0. The van der Waals surface area contributed by atoms with E-state index >= 15 is 0 Å². The number of halogens is 6. The minimum atomic E-state index is -4.91. The highest BCUT2D eigenvalue weighted by Gasteiger charge is 2.37. The molecule has 0 aliphatic heterocycles. The van der Waals surface area contributed by atoms with Crippen molar-refractivity contribution in [1.82, 2.24) is 0 Å². The van der Waals surface area contributed by atoms with Crippen LogP contribution in [0.15, 0.2) is 48.5 Å². The molecule has 0 bridgehead atoms. The first-order valence-corrected chi connectivity index (χ1v) is 10.8. The molecule has 1 atom stereocenters. The van der Waals surface area contributed by atoms with Crippen molar-refractivity contribution < 1.29 is 45.3 Å². The standard InChI is InChI=1S/C25H26F6O4/c1-4-33-22(23(32)34-5-2)12-17-6-8-21(9-7-17)35-11-10-16(3)18-13-19(24(26,27)28)15-20(14-18)25(29,30)31/h6-10,13-15,22H,4-5,11-12H2,1-3H3/t22-/m0/s1. The van der Waals surface area contributed by atoms with Gasteiger partial charge in [-0.05, 0) is 73.9 Å². The molecule has 0 aliphatic rings. The lowest BCUT2D eigenvalue weighted by Crippen LogP contribution is -2.28. The molecular formula is C25H26F6O4. The zero-order valence-corrected chi connectivity index (χ0v) is 19.4. The Morgan fingerprint density at radius 2 is 1.49 bits per heavy atom. The first kappa shape index (κ1) is 28.2. The van der Waals surface area contributed by atoms with Crippen LogP contribution in [-0.4, -0.2) is 31.9 Å². The van der Waals surface area contributed by atoms with E-state index in [2.05, 4.69) is 0 Å². The molecule has 192 valence electrons. The predicted molar refractivity (Wildman–Crippen MR) is 118 cm³/mol. The molecule has 0 unspecified atom stereocenters. The highest BCUT2D eigenvalue weighted by atomic mass is 19.4. The van der Waals surface area contributed by atoms with Crippen LogP contribution in [0.3, 0.4) is 0 Å². The van der Waals surface area contributed by atoms with Crippen LogP contribution in [-0.2, 0) is 33.0 Å². The summed E-state index contributed by atoms with van der Waals surface area (Å²) < 4.78 is 94.4. The van der Waals surface area contributed by atoms with Crippen LogP contribution in [0.1, 0.15) is 43.0 Å². The molecule has 0 spiro atoms. The highest BCUT2D eigenvalue weighted by molar-refractivity contribution is 5.75. The van der Waals surface area contributed by atoms with Crippen molar-refractivity contribution in [2.45, 2.75) is 45.6 Å². The van der Waals surface area contributed by atoms with E-state index in [9.17, 15) is 31.1 Å². The minimum absolute atomic E-state index is 0.0762. The van der Waals surface area contributed by atoms with Crippen LogP contribution in [0, 0.1) is 0 Å². The number of carbonyl (C=O) groups is 1. The summed E-state index contributed by atoms with van der Waals surface area (Å²) in [6, 6.07) is 8.16. The summed E-state index contributed by atoms with van der Waals surface area (Å²) in [5, 5.41) is 0. The van der Waals surface area contributed by atoms with Crippen molar-refractivity contribution in [3.8, 4) is 5.75 Å². The molecule has 4 nitrogen and oxygen atoms in total. The summed E-state index contributed by atoms with van der Waals surface area (Å²) in [7, 11) is 0. The van der Waals surface area contributed by atoms with E-state index in [1.807, 2.05) is 0 Å². The average Bonchev–Trinajstić information content (AvgIpc) is 2.78. The van der Waals surface area contributed by atoms with Crippen molar-refractivity contribution in [1.29, 1.82) is 0 Å². The zero-order chi connectivity index (χ0) is 26.2. The van der Waals surface area contributed by atoms with Gasteiger partial charge in [0.2, 0.25) is 0 Å².